The largest absolute Gasteiger partial charge is 0.326 e. The van der Waals surface area contributed by atoms with Crippen LogP contribution < -0.4 is 10.6 Å². The topological polar surface area (TPSA) is 71.3 Å². The molecule has 3 rings (SSSR count). The quantitative estimate of drug-likeness (QED) is 0.487. The third kappa shape index (κ3) is 5.11. The van der Waals surface area contributed by atoms with E-state index in [0.717, 1.165) is 29.1 Å². The van der Waals surface area contributed by atoms with Gasteiger partial charge in [-0.15, -0.1) is 0 Å². The van der Waals surface area contributed by atoms with E-state index in [9.17, 15) is 9.18 Å². The van der Waals surface area contributed by atoms with Crippen LogP contribution in [0, 0.1) is 26.6 Å². The number of nitrogens with one attached hydrogen (secondary N) is 2. The van der Waals surface area contributed by atoms with Crippen LogP contribution in [0.2, 0.25) is 0 Å². The zero-order valence-electron chi connectivity index (χ0n) is 17.7. The minimum Gasteiger partial charge on any atom is -0.326 e. The molecule has 2 aromatic carbocycles. The smallest absolute Gasteiger partial charge is 0.257 e. The van der Waals surface area contributed by atoms with Gasteiger partial charge in [-0.2, -0.15) is 5.10 Å². The van der Waals surface area contributed by atoms with Crippen LogP contribution in [-0.4, -0.2) is 21.6 Å². The standard InChI is InChI=1S/C23H26FN5O/c1-5-29-17(4)21(16(3)28-29)14-25-23(26-20-11-9-19(24)10-12-20)27-22(30)18-8-6-7-15(2)13-18/h6-13H,5,14H2,1-4H3,(H2,25,26,27,30). The minimum absolute atomic E-state index is 0.273. The first kappa shape index (κ1) is 21.2. The van der Waals surface area contributed by atoms with Crippen LogP contribution in [0.3, 0.4) is 0 Å². The van der Waals surface area contributed by atoms with Crippen molar-refractivity contribution in [3.63, 3.8) is 0 Å². The average molecular weight is 407 g/mol. The summed E-state index contributed by atoms with van der Waals surface area (Å²) in [6, 6.07) is 13.2. The molecule has 0 fully saturated rings. The Kier molecular flexibility index (Phi) is 6.61. The molecule has 0 atom stereocenters. The number of nitrogens with zero attached hydrogens (tertiary/aromatic N) is 3. The number of aliphatic imine (C=N–C) groups is 1. The van der Waals surface area contributed by atoms with Gasteiger partial charge in [0.1, 0.15) is 5.82 Å². The number of carbonyl (C=O) groups excluding carboxylic acids is 1. The minimum atomic E-state index is -0.332. The molecule has 7 heteroatoms. The lowest BCUT2D eigenvalue weighted by molar-refractivity contribution is 0.0977. The maximum absolute atomic E-state index is 13.3. The van der Waals surface area contributed by atoms with Crippen molar-refractivity contribution < 1.29 is 9.18 Å². The highest BCUT2D eigenvalue weighted by Crippen LogP contribution is 2.15. The fourth-order valence-corrected chi connectivity index (χ4v) is 3.18. The SMILES string of the molecule is CCn1nc(C)c(CN=C(NC(=O)c2cccc(C)c2)Nc2ccc(F)cc2)c1C. The van der Waals surface area contributed by atoms with Crippen molar-refractivity contribution in [1.82, 2.24) is 15.1 Å². The van der Waals surface area contributed by atoms with Gasteiger partial charge in [0.2, 0.25) is 5.96 Å². The number of carbonyl (C=O) groups is 1. The summed E-state index contributed by atoms with van der Waals surface area (Å²) in [5.41, 5.74) is 5.12. The van der Waals surface area contributed by atoms with Crippen molar-refractivity contribution in [1.29, 1.82) is 0 Å². The van der Waals surface area contributed by atoms with E-state index >= 15 is 0 Å². The zero-order valence-corrected chi connectivity index (χ0v) is 17.7. The highest BCUT2D eigenvalue weighted by Gasteiger charge is 2.13. The molecule has 1 heterocycles. The van der Waals surface area contributed by atoms with Gasteiger partial charge in [-0.3, -0.25) is 14.8 Å². The van der Waals surface area contributed by atoms with Crippen molar-refractivity contribution in [3.8, 4) is 0 Å². The Morgan fingerprint density at radius 3 is 2.50 bits per heavy atom. The van der Waals surface area contributed by atoms with Gasteiger partial charge in [-0.1, -0.05) is 17.7 Å². The van der Waals surface area contributed by atoms with Crippen LogP contribution >= 0.6 is 0 Å². The molecule has 2 N–H and O–H groups in total. The van der Waals surface area contributed by atoms with E-state index in [1.54, 1.807) is 18.2 Å². The molecule has 0 radical (unpaired) electrons. The van der Waals surface area contributed by atoms with Crippen LogP contribution in [0.1, 0.15) is 39.8 Å². The van der Waals surface area contributed by atoms with Crippen molar-refractivity contribution >= 4 is 17.6 Å². The first-order chi connectivity index (χ1) is 14.4. The van der Waals surface area contributed by atoms with Gasteiger partial charge in [-0.05, 0) is 64.1 Å². The second-order valence-corrected chi connectivity index (χ2v) is 7.09. The maximum atomic E-state index is 13.3. The summed E-state index contributed by atoms with van der Waals surface area (Å²) in [5.74, 6) is -0.318. The monoisotopic (exact) mass is 407 g/mol. The number of hydrogen-bond donors (Lipinski definition) is 2. The highest BCUT2D eigenvalue weighted by molar-refractivity contribution is 6.10. The number of anilines is 1. The van der Waals surface area contributed by atoms with E-state index in [4.69, 9.17) is 0 Å². The van der Waals surface area contributed by atoms with Crippen LogP contribution in [0.25, 0.3) is 0 Å². The van der Waals surface area contributed by atoms with Gasteiger partial charge in [0.15, 0.2) is 0 Å². The molecule has 6 nitrogen and oxygen atoms in total. The first-order valence-electron chi connectivity index (χ1n) is 9.85. The van der Waals surface area contributed by atoms with E-state index in [-0.39, 0.29) is 17.7 Å². The molecular weight excluding hydrogens is 381 g/mol. The van der Waals surface area contributed by atoms with Crippen molar-refractivity contribution in [2.45, 2.75) is 40.8 Å². The molecule has 30 heavy (non-hydrogen) atoms. The molecule has 1 aromatic heterocycles. The fraction of sp³-hybridized carbons (Fsp3) is 0.261. The average Bonchev–Trinajstić information content (AvgIpc) is 3.00. The van der Waals surface area contributed by atoms with E-state index in [2.05, 4.69) is 20.7 Å². The molecule has 0 spiro atoms. The summed E-state index contributed by atoms with van der Waals surface area (Å²) < 4.78 is 15.2. The van der Waals surface area contributed by atoms with Crippen LogP contribution in [0.15, 0.2) is 53.5 Å². The number of aryl methyl sites for hydroxylation is 3. The molecule has 0 saturated carbocycles. The van der Waals surface area contributed by atoms with Crippen LogP contribution in [0.5, 0.6) is 0 Å². The molecule has 156 valence electrons. The van der Waals surface area contributed by atoms with Crippen molar-refractivity contribution in [2.24, 2.45) is 4.99 Å². The number of halogens is 1. The maximum Gasteiger partial charge on any atom is 0.257 e. The van der Waals surface area contributed by atoms with Gasteiger partial charge in [0.25, 0.3) is 5.91 Å². The Bertz CT molecular complexity index is 1070. The van der Waals surface area contributed by atoms with Crippen LogP contribution in [0.4, 0.5) is 10.1 Å². The number of aromatic nitrogens is 2. The Balaban J connectivity index is 1.86. The molecular formula is C23H26FN5O. The molecule has 0 aliphatic carbocycles. The van der Waals surface area contributed by atoms with Crippen molar-refractivity contribution in [2.75, 3.05) is 5.32 Å². The molecule has 0 aliphatic heterocycles. The second kappa shape index (κ2) is 9.35. The lowest BCUT2D eigenvalue weighted by atomic mass is 10.1. The molecule has 0 bridgehead atoms. The Morgan fingerprint density at radius 1 is 1.13 bits per heavy atom. The Morgan fingerprint density at radius 2 is 1.87 bits per heavy atom. The number of hydrogen-bond acceptors (Lipinski definition) is 3. The number of rotatable bonds is 5. The molecule has 0 saturated heterocycles. The van der Waals surface area contributed by atoms with Gasteiger partial charge < -0.3 is 5.32 Å². The van der Waals surface area contributed by atoms with E-state index in [0.29, 0.717) is 17.8 Å². The van der Waals surface area contributed by atoms with E-state index in [1.165, 1.54) is 12.1 Å². The number of benzene rings is 2. The third-order valence-corrected chi connectivity index (χ3v) is 4.85. The van der Waals surface area contributed by atoms with E-state index < -0.39 is 0 Å². The van der Waals surface area contributed by atoms with Gasteiger partial charge >= 0.3 is 0 Å². The lowest BCUT2D eigenvalue weighted by Crippen LogP contribution is -2.36. The summed E-state index contributed by atoms with van der Waals surface area (Å²) in [6.07, 6.45) is 0. The summed E-state index contributed by atoms with van der Waals surface area (Å²) in [6.45, 7) is 9.06. The summed E-state index contributed by atoms with van der Waals surface area (Å²) in [7, 11) is 0. The van der Waals surface area contributed by atoms with E-state index in [1.807, 2.05) is 50.6 Å². The van der Waals surface area contributed by atoms with Gasteiger partial charge in [0, 0.05) is 29.1 Å². The fourth-order valence-electron chi connectivity index (χ4n) is 3.18. The zero-order chi connectivity index (χ0) is 21.7. The van der Waals surface area contributed by atoms with Crippen LogP contribution in [-0.2, 0) is 13.1 Å². The highest BCUT2D eigenvalue weighted by atomic mass is 19.1. The summed E-state index contributed by atoms with van der Waals surface area (Å²) in [4.78, 5) is 17.3. The summed E-state index contributed by atoms with van der Waals surface area (Å²) >= 11 is 0. The first-order valence-corrected chi connectivity index (χ1v) is 9.85. The van der Waals surface area contributed by atoms with Crippen molar-refractivity contribution in [3.05, 3.63) is 82.4 Å². The number of amides is 1. The Labute approximate surface area is 175 Å². The second-order valence-electron chi connectivity index (χ2n) is 7.09. The number of guanidine groups is 1. The van der Waals surface area contributed by atoms with Gasteiger partial charge in [0.05, 0.1) is 12.2 Å². The lowest BCUT2D eigenvalue weighted by Gasteiger charge is -2.12. The molecule has 1 amide bonds. The normalized spacial score (nSPS) is 11.4. The molecule has 0 aliphatic rings. The summed E-state index contributed by atoms with van der Waals surface area (Å²) in [5, 5.41) is 10.4. The molecule has 0 unspecified atom stereocenters. The predicted molar refractivity (Wildman–Crippen MR) is 117 cm³/mol. The predicted octanol–water partition coefficient (Wildman–Crippen LogP) is 4.37. The Hall–Kier alpha value is -3.48. The van der Waals surface area contributed by atoms with Gasteiger partial charge in [-0.25, -0.2) is 9.38 Å². The molecule has 3 aromatic rings. The third-order valence-electron chi connectivity index (χ3n) is 4.85.